The molecule has 1 saturated carbocycles. The van der Waals surface area contributed by atoms with Gasteiger partial charge in [0, 0.05) is 6.54 Å². The van der Waals surface area contributed by atoms with Crippen molar-refractivity contribution >= 4 is 0 Å². The van der Waals surface area contributed by atoms with Gasteiger partial charge in [-0.05, 0) is 57.8 Å². The Labute approximate surface area is 89.1 Å². The highest BCUT2D eigenvalue weighted by atomic mass is 15.1. The Kier molecular flexibility index (Phi) is 4.39. The molecule has 1 rings (SSSR count). The summed E-state index contributed by atoms with van der Waals surface area (Å²) in [4.78, 5) is 2.25. The Hall–Kier alpha value is -0.0800. The molecule has 0 amide bonds. The van der Waals surface area contributed by atoms with Crippen LogP contribution in [0.5, 0.6) is 0 Å². The van der Waals surface area contributed by atoms with Crippen molar-refractivity contribution in [3.05, 3.63) is 0 Å². The van der Waals surface area contributed by atoms with Crippen molar-refractivity contribution in [2.45, 2.75) is 33.1 Å². The summed E-state index contributed by atoms with van der Waals surface area (Å²) < 4.78 is 0. The lowest BCUT2D eigenvalue weighted by molar-refractivity contribution is 0.330. The Morgan fingerprint density at radius 2 is 1.93 bits per heavy atom. The van der Waals surface area contributed by atoms with Crippen LogP contribution < -0.4 is 5.32 Å². The number of rotatable bonds is 7. The standard InChI is InChI=1S/C12H26N2/c1-11(2)12(6-7-12)10-13-8-5-9-14(3)4/h11,13H,5-10H2,1-4H3. The molecule has 0 bridgehead atoms. The number of hydrogen-bond acceptors (Lipinski definition) is 2. The SMILES string of the molecule is CC(C)C1(CNCCCN(C)C)CC1. The van der Waals surface area contributed by atoms with Gasteiger partial charge in [0.25, 0.3) is 0 Å². The van der Waals surface area contributed by atoms with Gasteiger partial charge in [-0.3, -0.25) is 0 Å². The maximum absolute atomic E-state index is 3.60. The highest BCUT2D eigenvalue weighted by Crippen LogP contribution is 2.51. The molecule has 0 heterocycles. The van der Waals surface area contributed by atoms with Crippen LogP contribution in [0.3, 0.4) is 0 Å². The van der Waals surface area contributed by atoms with Crippen LogP contribution in [0.4, 0.5) is 0 Å². The van der Waals surface area contributed by atoms with Crippen molar-refractivity contribution in [2.24, 2.45) is 11.3 Å². The zero-order valence-electron chi connectivity index (χ0n) is 10.3. The first-order chi connectivity index (χ1) is 6.57. The van der Waals surface area contributed by atoms with Gasteiger partial charge in [0.1, 0.15) is 0 Å². The first-order valence-corrected chi connectivity index (χ1v) is 5.92. The predicted molar refractivity (Wildman–Crippen MR) is 62.5 cm³/mol. The van der Waals surface area contributed by atoms with Gasteiger partial charge in [0.15, 0.2) is 0 Å². The van der Waals surface area contributed by atoms with E-state index in [0.29, 0.717) is 5.41 Å². The fourth-order valence-electron chi connectivity index (χ4n) is 1.98. The van der Waals surface area contributed by atoms with E-state index in [1.807, 2.05) is 0 Å². The van der Waals surface area contributed by atoms with Crippen LogP contribution >= 0.6 is 0 Å². The van der Waals surface area contributed by atoms with E-state index < -0.39 is 0 Å². The molecular weight excluding hydrogens is 172 g/mol. The Morgan fingerprint density at radius 1 is 1.29 bits per heavy atom. The van der Waals surface area contributed by atoms with Crippen molar-refractivity contribution in [1.82, 2.24) is 10.2 Å². The Bertz CT molecular complexity index is 160. The van der Waals surface area contributed by atoms with E-state index in [1.54, 1.807) is 0 Å². The predicted octanol–water partition coefficient (Wildman–Crippen LogP) is 1.96. The van der Waals surface area contributed by atoms with Crippen molar-refractivity contribution < 1.29 is 0 Å². The number of hydrogen-bond donors (Lipinski definition) is 1. The van der Waals surface area contributed by atoms with Gasteiger partial charge in [-0.15, -0.1) is 0 Å². The van der Waals surface area contributed by atoms with Crippen molar-refractivity contribution in [1.29, 1.82) is 0 Å². The van der Waals surface area contributed by atoms with Crippen molar-refractivity contribution in [3.8, 4) is 0 Å². The molecule has 0 aromatic heterocycles. The summed E-state index contributed by atoms with van der Waals surface area (Å²) in [6.45, 7) is 8.31. The molecule has 0 aromatic rings. The third kappa shape index (κ3) is 3.58. The fraction of sp³-hybridized carbons (Fsp3) is 1.00. The third-order valence-corrected chi connectivity index (χ3v) is 3.55. The lowest BCUT2D eigenvalue weighted by Gasteiger charge is -2.20. The second kappa shape index (κ2) is 5.13. The summed E-state index contributed by atoms with van der Waals surface area (Å²) in [6, 6.07) is 0. The molecule has 0 aliphatic heterocycles. The molecular formula is C12H26N2. The van der Waals surface area contributed by atoms with Gasteiger partial charge in [0.05, 0.1) is 0 Å². The monoisotopic (exact) mass is 198 g/mol. The molecule has 1 aliphatic carbocycles. The van der Waals surface area contributed by atoms with Crippen LogP contribution in [0.25, 0.3) is 0 Å². The average Bonchev–Trinajstić information content (AvgIpc) is 2.84. The normalized spacial score (nSPS) is 19.3. The molecule has 14 heavy (non-hydrogen) atoms. The van der Waals surface area contributed by atoms with E-state index >= 15 is 0 Å². The van der Waals surface area contributed by atoms with Gasteiger partial charge in [0.2, 0.25) is 0 Å². The zero-order valence-corrected chi connectivity index (χ0v) is 10.3. The fourth-order valence-corrected chi connectivity index (χ4v) is 1.98. The molecule has 2 nitrogen and oxygen atoms in total. The molecule has 0 aromatic carbocycles. The summed E-state index contributed by atoms with van der Waals surface area (Å²) in [5.41, 5.74) is 0.665. The topological polar surface area (TPSA) is 15.3 Å². The molecule has 1 N–H and O–H groups in total. The molecule has 84 valence electrons. The summed E-state index contributed by atoms with van der Waals surface area (Å²) in [5, 5.41) is 3.60. The second-order valence-electron chi connectivity index (χ2n) is 5.35. The molecule has 0 spiro atoms. The van der Waals surface area contributed by atoms with Gasteiger partial charge in [-0.25, -0.2) is 0 Å². The molecule has 0 unspecified atom stereocenters. The first kappa shape index (κ1) is 12.0. The number of nitrogens with one attached hydrogen (secondary N) is 1. The first-order valence-electron chi connectivity index (χ1n) is 5.92. The number of nitrogens with zero attached hydrogens (tertiary/aromatic N) is 1. The van der Waals surface area contributed by atoms with E-state index in [0.717, 1.165) is 5.92 Å². The van der Waals surface area contributed by atoms with E-state index in [1.165, 1.54) is 38.9 Å². The van der Waals surface area contributed by atoms with Gasteiger partial charge < -0.3 is 10.2 Å². The molecule has 1 aliphatic rings. The highest BCUT2D eigenvalue weighted by molar-refractivity contribution is 4.96. The van der Waals surface area contributed by atoms with E-state index in [4.69, 9.17) is 0 Å². The second-order valence-corrected chi connectivity index (χ2v) is 5.35. The summed E-state index contributed by atoms with van der Waals surface area (Å²) >= 11 is 0. The van der Waals surface area contributed by atoms with Crippen LogP contribution in [0, 0.1) is 11.3 Å². The molecule has 1 fully saturated rings. The maximum Gasteiger partial charge on any atom is 0.00103 e. The van der Waals surface area contributed by atoms with Crippen LogP contribution in [-0.4, -0.2) is 38.6 Å². The van der Waals surface area contributed by atoms with Gasteiger partial charge >= 0.3 is 0 Å². The van der Waals surface area contributed by atoms with E-state index in [2.05, 4.69) is 38.2 Å². The highest BCUT2D eigenvalue weighted by Gasteiger charge is 2.44. The summed E-state index contributed by atoms with van der Waals surface area (Å²) in [7, 11) is 4.27. The third-order valence-electron chi connectivity index (χ3n) is 3.55. The molecule has 0 atom stereocenters. The van der Waals surface area contributed by atoms with Crippen LogP contribution in [0.15, 0.2) is 0 Å². The Morgan fingerprint density at radius 3 is 2.36 bits per heavy atom. The van der Waals surface area contributed by atoms with Crippen LogP contribution in [-0.2, 0) is 0 Å². The summed E-state index contributed by atoms with van der Waals surface area (Å²) in [5.74, 6) is 0.851. The zero-order chi connectivity index (χ0) is 10.6. The molecule has 0 saturated heterocycles. The minimum atomic E-state index is 0.665. The quantitative estimate of drug-likeness (QED) is 0.629. The van der Waals surface area contributed by atoms with Crippen LogP contribution in [0.2, 0.25) is 0 Å². The summed E-state index contributed by atoms with van der Waals surface area (Å²) in [6.07, 6.45) is 4.14. The lowest BCUT2D eigenvalue weighted by atomic mass is 9.92. The van der Waals surface area contributed by atoms with E-state index in [-0.39, 0.29) is 0 Å². The molecule has 2 heteroatoms. The van der Waals surface area contributed by atoms with E-state index in [9.17, 15) is 0 Å². The molecule has 0 radical (unpaired) electrons. The van der Waals surface area contributed by atoms with Crippen molar-refractivity contribution in [2.75, 3.05) is 33.7 Å². The van der Waals surface area contributed by atoms with Crippen molar-refractivity contribution in [3.63, 3.8) is 0 Å². The van der Waals surface area contributed by atoms with Gasteiger partial charge in [-0.2, -0.15) is 0 Å². The van der Waals surface area contributed by atoms with Gasteiger partial charge in [-0.1, -0.05) is 13.8 Å². The Balaban J connectivity index is 1.99. The van der Waals surface area contributed by atoms with Crippen LogP contribution in [0.1, 0.15) is 33.1 Å². The largest absolute Gasteiger partial charge is 0.316 e. The minimum absolute atomic E-state index is 0.665. The minimum Gasteiger partial charge on any atom is -0.316 e. The smallest absolute Gasteiger partial charge is 0.00103 e. The lowest BCUT2D eigenvalue weighted by Crippen LogP contribution is -2.29. The average molecular weight is 198 g/mol. The maximum atomic E-state index is 3.60.